The van der Waals surface area contributed by atoms with Crippen LogP contribution in [0.25, 0.3) is 5.69 Å². The second-order valence-electron chi connectivity index (χ2n) is 7.38. The van der Waals surface area contributed by atoms with Gasteiger partial charge in [0.15, 0.2) is 0 Å². The lowest BCUT2D eigenvalue weighted by Gasteiger charge is -2.41. The highest BCUT2D eigenvalue weighted by Gasteiger charge is 2.44. The molecule has 1 amide bonds. The maximum Gasteiger partial charge on any atom is 0.257 e. The van der Waals surface area contributed by atoms with Crippen molar-refractivity contribution < 1.29 is 9.53 Å². The fourth-order valence-electron chi connectivity index (χ4n) is 4.30. The van der Waals surface area contributed by atoms with Crippen molar-refractivity contribution in [1.29, 1.82) is 0 Å². The number of carbonyl (C=O) groups is 1. The average molecular weight is 394 g/mol. The Labute approximate surface area is 168 Å². The third-order valence-corrected chi connectivity index (χ3v) is 5.92. The van der Waals surface area contributed by atoms with Crippen molar-refractivity contribution in [3.05, 3.63) is 82.6 Å². The first-order chi connectivity index (χ1) is 13.6. The lowest BCUT2D eigenvalue weighted by atomic mass is 9.93. The first-order valence-corrected chi connectivity index (χ1v) is 9.85. The number of halogens is 1. The van der Waals surface area contributed by atoms with Gasteiger partial charge < -0.3 is 9.64 Å². The maximum absolute atomic E-state index is 13.2. The van der Waals surface area contributed by atoms with Gasteiger partial charge in [-0.1, -0.05) is 41.9 Å². The topological polar surface area (TPSA) is 47.4 Å². The van der Waals surface area contributed by atoms with Crippen molar-refractivity contribution in [3.8, 4) is 5.69 Å². The molecule has 1 aliphatic carbocycles. The summed E-state index contributed by atoms with van der Waals surface area (Å²) in [6, 6.07) is 15.8. The van der Waals surface area contributed by atoms with E-state index in [2.05, 4.69) is 23.3 Å². The van der Waals surface area contributed by atoms with Crippen LogP contribution in [0, 0.1) is 0 Å². The van der Waals surface area contributed by atoms with Crippen molar-refractivity contribution in [1.82, 2.24) is 14.7 Å². The molecule has 3 aromatic rings. The van der Waals surface area contributed by atoms with E-state index in [1.165, 1.54) is 11.1 Å². The zero-order valence-corrected chi connectivity index (χ0v) is 16.1. The zero-order valence-electron chi connectivity index (χ0n) is 15.3. The number of nitrogens with zero attached hydrogens (tertiary/aromatic N) is 3. The third kappa shape index (κ3) is 2.91. The number of benzene rings is 2. The minimum absolute atomic E-state index is 0.0136. The minimum atomic E-state index is -0.381. The lowest BCUT2D eigenvalue weighted by Crippen LogP contribution is -2.51. The molecule has 0 radical (unpaired) electrons. The quantitative estimate of drug-likeness (QED) is 0.664. The van der Waals surface area contributed by atoms with E-state index in [4.69, 9.17) is 16.3 Å². The van der Waals surface area contributed by atoms with Gasteiger partial charge in [0, 0.05) is 17.8 Å². The Morgan fingerprint density at radius 1 is 1.18 bits per heavy atom. The first-order valence-electron chi connectivity index (χ1n) is 9.47. The van der Waals surface area contributed by atoms with E-state index >= 15 is 0 Å². The van der Waals surface area contributed by atoms with Gasteiger partial charge in [0.05, 0.1) is 30.6 Å². The number of rotatable bonds is 2. The van der Waals surface area contributed by atoms with Crippen LogP contribution in [-0.4, -0.2) is 40.3 Å². The fraction of sp³-hybridized carbons (Fsp3) is 0.273. The second kappa shape index (κ2) is 6.76. The van der Waals surface area contributed by atoms with Crippen molar-refractivity contribution in [2.24, 2.45) is 0 Å². The van der Waals surface area contributed by atoms with Crippen LogP contribution in [-0.2, 0) is 16.8 Å². The van der Waals surface area contributed by atoms with Gasteiger partial charge in [0.1, 0.15) is 5.60 Å². The van der Waals surface area contributed by atoms with Crippen LogP contribution in [0.2, 0.25) is 5.02 Å². The van der Waals surface area contributed by atoms with Crippen LogP contribution < -0.4 is 0 Å². The molecule has 0 unspecified atom stereocenters. The molecule has 0 N–H and O–H groups in total. The van der Waals surface area contributed by atoms with Gasteiger partial charge >= 0.3 is 0 Å². The highest BCUT2D eigenvalue weighted by atomic mass is 35.5. The molecule has 1 fully saturated rings. The SMILES string of the molecule is O=C(c1cnn(-c2cccc(Cl)c2)c1)N1CCO[C@@]2(CCc3ccccc32)C1. The Bertz CT molecular complexity index is 1040. The molecule has 1 spiro atoms. The van der Waals surface area contributed by atoms with Crippen LogP contribution in [0.1, 0.15) is 27.9 Å². The van der Waals surface area contributed by atoms with Crippen molar-refractivity contribution in [2.45, 2.75) is 18.4 Å². The number of hydrogen-bond acceptors (Lipinski definition) is 3. The van der Waals surface area contributed by atoms with E-state index in [1.54, 1.807) is 17.1 Å². The minimum Gasteiger partial charge on any atom is -0.367 e. The summed E-state index contributed by atoms with van der Waals surface area (Å²) >= 11 is 6.07. The van der Waals surface area contributed by atoms with Gasteiger partial charge in [-0.15, -0.1) is 0 Å². The van der Waals surface area contributed by atoms with E-state index in [0.29, 0.717) is 30.3 Å². The lowest BCUT2D eigenvalue weighted by molar-refractivity contribution is -0.103. The van der Waals surface area contributed by atoms with Gasteiger partial charge in [-0.3, -0.25) is 4.79 Å². The largest absolute Gasteiger partial charge is 0.367 e. The van der Waals surface area contributed by atoms with Crippen LogP contribution in [0.5, 0.6) is 0 Å². The summed E-state index contributed by atoms with van der Waals surface area (Å²) in [6.45, 7) is 1.71. The Hall–Kier alpha value is -2.63. The number of hydrogen-bond donors (Lipinski definition) is 0. The van der Waals surface area contributed by atoms with Crippen molar-refractivity contribution >= 4 is 17.5 Å². The van der Waals surface area contributed by atoms with E-state index in [1.807, 2.05) is 35.2 Å². The summed E-state index contributed by atoms with van der Waals surface area (Å²) in [6.07, 6.45) is 5.29. The summed E-state index contributed by atoms with van der Waals surface area (Å²) in [4.78, 5) is 15.0. The van der Waals surface area contributed by atoms with Gasteiger partial charge in [0.2, 0.25) is 0 Å². The third-order valence-electron chi connectivity index (χ3n) is 5.68. The molecule has 5 nitrogen and oxygen atoms in total. The summed E-state index contributed by atoms with van der Waals surface area (Å²) < 4.78 is 7.91. The van der Waals surface area contributed by atoms with E-state index in [0.717, 1.165) is 18.5 Å². The number of carbonyl (C=O) groups excluding carboxylic acids is 1. The average Bonchev–Trinajstić information content (AvgIpc) is 3.34. The fourth-order valence-corrected chi connectivity index (χ4v) is 4.49. The van der Waals surface area contributed by atoms with Gasteiger partial charge in [-0.25, -0.2) is 4.68 Å². The van der Waals surface area contributed by atoms with Crippen molar-refractivity contribution in [2.75, 3.05) is 19.7 Å². The molecule has 1 aliphatic heterocycles. The Morgan fingerprint density at radius 2 is 2.07 bits per heavy atom. The molecule has 2 aliphatic rings. The molecule has 6 heteroatoms. The number of amides is 1. The first kappa shape index (κ1) is 17.5. The predicted octanol–water partition coefficient (Wildman–Crippen LogP) is 3.84. The van der Waals surface area contributed by atoms with E-state index in [-0.39, 0.29) is 11.5 Å². The predicted molar refractivity (Wildman–Crippen MR) is 107 cm³/mol. The van der Waals surface area contributed by atoms with Crippen LogP contribution in [0.15, 0.2) is 60.9 Å². The standard InChI is InChI=1S/C22H20ClN3O2/c23-18-5-3-6-19(12-18)26-14-17(13-24-26)21(27)25-10-11-28-22(15-25)9-8-16-4-1-2-7-20(16)22/h1-7,12-14H,8-11,15H2/t22-/m0/s1. The monoisotopic (exact) mass is 393 g/mol. The molecule has 28 heavy (non-hydrogen) atoms. The second-order valence-corrected chi connectivity index (χ2v) is 7.82. The van der Waals surface area contributed by atoms with Crippen molar-refractivity contribution in [3.63, 3.8) is 0 Å². The molecule has 1 saturated heterocycles. The highest BCUT2D eigenvalue weighted by molar-refractivity contribution is 6.30. The summed E-state index contributed by atoms with van der Waals surface area (Å²) in [5.74, 6) is -0.0136. The summed E-state index contributed by atoms with van der Waals surface area (Å²) in [5, 5.41) is 4.98. The number of aromatic nitrogens is 2. The molecule has 142 valence electrons. The molecule has 5 rings (SSSR count). The molecule has 1 atom stereocenters. The molecule has 0 saturated carbocycles. The Morgan fingerprint density at radius 3 is 2.96 bits per heavy atom. The normalized spacial score (nSPS) is 21.1. The maximum atomic E-state index is 13.2. The number of fused-ring (bicyclic) bond motifs is 2. The number of morpholine rings is 1. The molecular weight excluding hydrogens is 374 g/mol. The number of aryl methyl sites for hydroxylation is 1. The van der Waals surface area contributed by atoms with Crippen LogP contribution in [0.4, 0.5) is 0 Å². The smallest absolute Gasteiger partial charge is 0.257 e. The van der Waals surface area contributed by atoms with Gasteiger partial charge in [0.25, 0.3) is 5.91 Å². The van der Waals surface area contributed by atoms with E-state index in [9.17, 15) is 4.79 Å². The highest BCUT2D eigenvalue weighted by Crippen LogP contribution is 2.42. The molecule has 2 aromatic carbocycles. The Kier molecular flexibility index (Phi) is 4.22. The Balaban J connectivity index is 1.39. The molecule has 1 aromatic heterocycles. The summed E-state index contributed by atoms with van der Waals surface area (Å²) in [5.41, 5.74) is 3.57. The van der Waals surface area contributed by atoms with Crippen LogP contribution in [0.3, 0.4) is 0 Å². The van der Waals surface area contributed by atoms with Gasteiger partial charge in [-0.05, 0) is 42.2 Å². The van der Waals surface area contributed by atoms with Gasteiger partial charge in [-0.2, -0.15) is 5.10 Å². The molecule has 2 heterocycles. The molecule has 0 bridgehead atoms. The summed E-state index contributed by atoms with van der Waals surface area (Å²) in [7, 11) is 0. The van der Waals surface area contributed by atoms with E-state index < -0.39 is 0 Å². The zero-order chi connectivity index (χ0) is 19.1. The molecular formula is C22H20ClN3O2. The van der Waals surface area contributed by atoms with Crippen LogP contribution >= 0.6 is 11.6 Å². The number of ether oxygens (including phenoxy) is 1.